The summed E-state index contributed by atoms with van der Waals surface area (Å²) in [4.78, 5) is 12.5. The van der Waals surface area contributed by atoms with E-state index in [9.17, 15) is 9.18 Å². The zero-order valence-corrected chi connectivity index (χ0v) is 14.6. The van der Waals surface area contributed by atoms with E-state index >= 15 is 0 Å². The summed E-state index contributed by atoms with van der Waals surface area (Å²) in [5.74, 6) is 0.172. The summed E-state index contributed by atoms with van der Waals surface area (Å²) in [6.45, 7) is 2.76. The summed E-state index contributed by atoms with van der Waals surface area (Å²) in [6, 6.07) is 13.7. The minimum absolute atomic E-state index is 0.190. The van der Waals surface area contributed by atoms with Crippen LogP contribution in [0.1, 0.15) is 16.2 Å². The second kappa shape index (κ2) is 6.99. The highest BCUT2D eigenvalue weighted by Gasteiger charge is 2.09. The Morgan fingerprint density at radius 2 is 2.07 bits per heavy atom. The van der Waals surface area contributed by atoms with E-state index in [-0.39, 0.29) is 11.7 Å². The van der Waals surface area contributed by atoms with Gasteiger partial charge in [-0.25, -0.2) is 4.39 Å². The van der Waals surface area contributed by atoms with E-state index in [1.54, 1.807) is 35.9 Å². The minimum Gasteiger partial charge on any atom is -0.350 e. The number of nitrogens with zero attached hydrogens (tertiary/aromatic N) is 5. The van der Waals surface area contributed by atoms with Gasteiger partial charge in [-0.15, -0.1) is 5.10 Å². The van der Waals surface area contributed by atoms with E-state index < -0.39 is 0 Å². The predicted molar refractivity (Wildman–Crippen MR) is 98.1 cm³/mol. The number of carbonyl (C=O) groups excluding carboxylic acids is 1. The second-order valence-corrected chi connectivity index (χ2v) is 6.16. The topological polar surface area (TPSA) is 77.6 Å². The van der Waals surface area contributed by atoms with E-state index in [1.165, 1.54) is 12.1 Å². The number of aromatic nitrogens is 5. The first-order chi connectivity index (χ1) is 13.1. The normalized spacial score (nSPS) is 11.0. The molecule has 0 saturated heterocycles. The third kappa shape index (κ3) is 3.41. The van der Waals surface area contributed by atoms with Gasteiger partial charge in [0.25, 0.3) is 5.91 Å². The molecule has 27 heavy (non-hydrogen) atoms. The number of halogens is 1. The Morgan fingerprint density at radius 3 is 2.89 bits per heavy atom. The van der Waals surface area contributed by atoms with Crippen LogP contribution in [-0.2, 0) is 6.54 Å². The van der Waals surface area contributed by atoms with Crippen molar-refractivity contribution in [3.8, 4) is 5.69 Å². The highest BCUT2D eigenvalue weighted by atomic mass is 19.1. The standard InChI is InChI=1S/C19H17FN6O/c1-13-22-23-24-26(13)17-4-2-3-15(11-17)19(27)21-8-10-25-9-7-14-5-6-16(20)12-18(14)25/h2-7,9,11-12H,8,10H2,1H3,(H,21,27). The van der Waals surface area contributed by atoms with Gasteiger partial charge in [0, 0.05) is 24.8 Å². The lowest BCUT2D eigenvalue weighted by atomic mass is 10.2. The molecule has 4 aromatic rings. The Kier molecular flexibility index (Phi) is 4.37. The fourth-order valence-electron chi connectivity index (χ4n) is 2.99. The van der Waals surface area contributed by atoms with Gasteiger partial charge in [-0.1, -0.05) is 6.07 Å². The Balaban J connectivity index is 1.44. The van der Waals surface area contributed by atoms with Gasteiger partial charge in [0.1, 0.15) is 5.82 Å². The summed E-state index contributed by atoms with van der Waals surface area (Å²) >= 11 is 0. The Labute approximate surface area is 154 Å². The molecule has 0 radical (unpaired) electrons. The zero-order valence-electron chi connectivity index (χ0n) is 14.6. The molecule has 136 valence electrons. The molecular weight excluding hydrogens is 347 g/mol. The van der Waals surface area contributed by atoms with Crippen LogP contribution in [0.3, 0.4) is 0 Å². The summed E-state index contributed by atoms with van der Waals surface area (Å²) in [6.07, 6.45) is 1.89. The van der Waals surface area contributed by atoms with Crippen LogP contribution in [-0.4, -0.2) is 37.2 Å². The molecule has 0 fully saturated rings. The smallest absolute Gasteiger partial charge is 0.251 e. The number of amides is 1. The van der Waals surface area contributed by atoms with Gasteiger partial charge >= 0.3 is 0 Å². The van der Waals surface area contributed by atoms with Gasteiger partial charge in [-0.3, -0.25) is 4.79 Å². The molecule has 0 bridgehead atoms. The van der Waals surface area contributed by atoms with Gasteiger partial charge in [0.15, 0.2) is 5.82 Å². The van der Waals surface area contributed by atoms with E-state index in [0.717, 1.165) is 16.6 Å². The maximum Gasteiger partial charge on any atom is 0.251 e. The molecule has 0 aliphatic rings. The first-order valence-corrected chi connectivity index (χ1v) is 8.50. The van der Waals surface area contributed by atoms with E-state index in [0.29, 0.717) is 24.5 Å². The van der Waals surface area contributed by atoms with Crippen LogP contribution in [0, 0.1) is 12.7 Å². The lowest BCUT2D eigenvalue weighted by Gasteiger charge is -2.09. The van der Waals surface area contributed by atoms with Crippen molar-refractivity contribution in [3.63, 3.8) is 0 Å². The summed E-state index contributed by atoms with van der Waals surface area (Å²) < 4.78 is 16.9. The van der Waals surface area contributed by atoms with Gasteiger partial charge in [-0.2, -0.15) is 4.68 Å². The van der Waals surface area contributed by atoms with Gasteiger partial charge in [-0.05, 0) is 65.2 Å². The zero-order chi connectivity index (χ0) is 18.8. The van der Waals surface area contributed by atoms with Crippen LogP contribution < -0.4 is 5.32 Å². The Hall–Kier alpha value is -3.55. The van der Waals surface area contributed by atoms with Crippen LogP contribution in [0.4, 0.5) is 4.39 Å². The highest BCUT2D eigenvalue weighted by Crippen LogP contribution is 2.17. The van der Waals surface area contributed by atoms with Crippen molar-refractivity contribution < 1.29 is 9.18 Å². The number of hydrogen-bond donors (Lipinski definition) is 1. The molecule has 2 aromatic heterocycles. The molecule has 0 spiro atoms. The summed E-state index contributed by atoms with van der Waals surface area (Å²) in [7, 11) is 0. The van der Waals surface area contributed by atoms with Crippen molar-refractivity contribution in [2.45, 2.75) is 13.5 Å². The molecule has 0 aliphatic heterocycles. The molecule has 1 N–H and O–H groups in total. The molecule has 8 heteroatoms. The Morgan fingerprint density at radius 1 is 1.19 bits per heavy atom. The molecular formula is C19H17FN6O. The van der Waals surface area contributed by atoms with E-state index in [4.69, 9.17) is 0 Å². The average Bonchev–Trinajstić information content (AvgIpc) is 3.28. The van der Waals surface area contributed by atoms with Crippen molar-refractivity contribution in [3.05, 3.63) is 71.9 Å². The van der Waals surface area contributed by atoms with Gasteiger partial charge in [0.05, 0.1) is 11.2 Å². The van der Waals surface area contributed by atoms with E-state index in [1.807, 2.05) is 22.9 Å². The molecule has 0 saturated carbocycles. The molecule has 4 rings (SSSR count). The van der Waals surface area contributed by atoms with Crippen molar-refractivity contribution in [2.75, 3.05) is 6.54 Å². The summed E-state index contributed by atoms with van der Waals surface area (Å²) in [5, 5.41) is 15.2. The molecule has 0 atom stereocenters. The number of hydrogen-bond acceptors (Lipinski definition) is 4. The van der Waals surface area contributed by atoms with Crippen molar-refractivity contribution in [1.82, 2.24) is 30.1 Å². The van der Waals surface area contributed by atoms with Crippen LogP contribution in [0.2, 0.25) is 0 Å². The van der Waals surface area contributed by atoms with Crippen molar-refractivity contribution in [2.24, 2.45) is 0 Å². The van der Waals surface area contributed by atoms with Crippen LogP contribution in [0.15, 0.2) is 54.7 Å². The first-order valence-electron chi connectivity index (χ1n) is 8.50. The fourth-order valence-corrected chi connectivity index (χ4v) is 2.99. The van der Waals surface area contributed by atoms with Gasteiger partial charge in [0.2, 0.25) is 0 Å². The number of carbonyl (C=O) groups is 1. The first kappa shape index (κ1) is 16.9. The number of rotatable bonds is 5. The number of nitrogens with one attached hydrogen (secondary N) is 1. The highest BCUT2D eigenvalue weighted by molar-refractivity contribution is 5.94. The lowest BCUT2D eigenvalue weighted by molar-refractivity contribution is 0.0952. The fraction of sp³-hybridized carbons (Fsp3) is 0.158. The molecule has 1 amide bonds. The SMILES string of the molecule is Cc1nnnn1-c1cccc(C(=O)NCCn2ccc3ccc(F)cc32)c1. The Bertz CT molecular complexity index is 1120. The third-order valence-corrected chi connectivity index (χ3v) is 4.35. The minimum atomic E-state index is -0.277. The predicted octanol–water partition coefficient (Wildman–Crippen LogP) is 2.49. The number of benzene rings is 2. The maximum absolute atomic E-state index is 13.4. The van der Waals surface area contributed by atoms with E-state index in [2.05, 4.69) is 20.8 Å². The second-order valence-electron chi connectivity index (χ2n) is 6.16. The van der Waals surface area contributed by atoms with Crippen LogP contribution in [0.5, 0.6) is 0 Å². The van der Waals surface area contributed by atoms with Crippen molar-refractivity contribution >= 4 is 16.8 Å². The summed E-state index contributed by atoms with van der Waals surface area (Å²) in [5.41, 5.74) is 2.04. The number of aryl methyl sites for hydroxylation is 1. The maximum atomic E-state index is 13.4. The molecule has 0 aliphatic carbocycles. The van der Waals surface area contributed by atoms with Gasteiger partial charge < -0.3 is 9.88 Å². The number of tetrazole rings is 1. The van der Waals surface area contributed by atoms with Crippen molar-refractivity contribution in [1.29, 1.82) is 0 Å². The van der Waals surface area contributed by atoms with Crippen LogP contribution in [0.25, 0.3) is 16.6 Å². The number of fused-ring (bicyclic) bond motifs is 1. The third-order valence-electron chi connectivity index (χ3n) is 4.35. The molecule has 0 unspecified atom stereocenters. The molecule has 2 aromatic carbocycles. The molecule has 2 heterocycles. The largest absolute Gasteiger partial charge is 0.350 e. The monoisotopic (exact) mass is 364 g/mol. The quantitative estimate of drug-likeness (QED) is 0.590. The average molecular weight is 364 g/mol. The lowest BCUT2D eigenvalue weighted by Crippen LogP contribution is -2.27. The molecule has 7 nitrogen and oxygen atoms in total. The van der Waals surface area contributed by atoms with Crippen LogP contribution >= 0.6 is 0 Å².